The topological polar surface area (TPSA) is 61.0 Å². The number of hydrogen-bond donors (Lipinski definition) is 1. The molecule has 0 saturated carbocycles. The minimum absolute atomic E-state index is 0.336. The molecular formula is C10H6Br3N3O. The molecule has 1 aromatic carbocycles. The van der Waals surface area contributed by atoms with Gasteiger partial charge < -0.3 is 10.5 Å². The van der Waals surface area contributed by atoms with Crippen molar-refractivity contribution < 1.29 is 4.74 Å². The summed E-state index contributed by atoms with van der Waals surface area (Å²) in [5.41, 5.74) is 5.64. The van der Waals surface area contributed by atoms with E-state index in [1.165, 1.54) is 6.33 Å². The third-order valence-corrected chi connectivity index (χ3v) is 3.74. The summed E-state index contributed by atoms with van der Waals surface area (Å²) in [6, 6.07) is 5.57. The number of nitrogen functional groups attached to an aromatic ring is 1. The first-order valence-electron chi connectivity index (χ1n) is 4.47. The number of aromatic nitrogens is 2. The van der Waals surface area contributed by atoms with Crippen molar-refractivity contribution in [2.24, 2.45) is 0 Å². The smallest absolute Gasteiger partial charge is 0.238 e. The second-order valence-electron chi connectivity index (χ2n) is 3.05. The van der Waals surface area contributed by atoms with E-state index in [1.807, 2.05) is 18.2 Å². The zero-order valence-corrected chi connectivity index (χ0v) is 13.1. The molecule has 0 amide bonds. The fourth-order valence-electron chi connectivity index (χ4n) is 1.10. The lowest BCUT2D eigenvalue weighted by Gasteiger charge is -2.09. The number of hydrogen-bond acceptors (Lipinski definition) is 4. The Balaban J connectivity index is 2.35. The van der Waals surface area contributed by atoms with Gasteiger partial charge in [0.05, 0.1) is 4.47 Å². The second-order valence-corrected chi connectivity index (χ2v) is 5.62. The van der Waals surface area contributed by atoms with Gasteiger partial charge in [-0.1, -0.05) is 15.9 Å². The number of benzene rings is 1. The van der Waals surface area contributed by atoms with Gasteiger partial charge in [-0.25, -0.2) is 9.97 Å². The van der Waals surface area contributed by atoms with Crippen LogP contribution in [0.15, 0.2) is 37.9 Å². The Morgan fingerprint density at radius 3 is 2.59 bits per heavy atom. The Hall–Kier alpha value is -0.660. The Kier molecular flexibility index (Phi) is 4.01. The number of rotatable bonds is 2. The van der Waals surface area contributed by atoms with E-state index >= 15 is 0 Å². The van der Waals surface area contributed by atoms with E-state index in [-0.39, 0.29) is 0 Å². The maximum Gasteiger partial charge on any atom is 0.238 e. The highest BCUT2D eigenvalue weighted by atomic mass is 79.9. The van der Waals surface area contributed by atoms with Crippen LogP contribution < -0.4 is 10.5 Å². The molecule has 2 rings (SSSR count). The van der Waals surface area contributed by atoms with Crippen molar-refractivity contribution >= 4 is 53.6 Å². The SMILES string of the molecule is Nc1ncnc(Oc2ccc(Br)cc2Br)c1Br. The summed E-state index contributed by atoms with van der Waals surface area (Å²) in [4.78, 5) is 7.84. The molecule has 4 nitrogen and oxygen atoms in total. The normalized spacial score (nSPS) is 10.3. The molecule has 0 aliphatic carbocycles. The maximum absolute atomic E-state index is 5.64. The molecule has 0 spiro atoms. The van der Waals surface area contributed by atoms with Gasteiger partial charge in [-0.2, -0.15) is 0 Å². The first-order chi connectivity index (χ1) is 8.08. The van der Waals surface area contributed by atoms with Crippen molar-refractivity contribution in [3.63, 3.8) is 0 Å². The van der Waals surface area contributed by atoms with E-state index in [4.69, 9.17) is 10.5 Å². The molecule has 7 heteroatoms. The second kappa shape index (κ2) is 5.32. The average Bonchev–Trinajstić information content (AvgIpc) is 2.28. The van der Waals surface area contributed by atoms with E-state index in [2.05, 4.69) is 57.8 Å². The predicted molar refractivity (Wildman–Crippen MR) is 76.1 cm³/mol. The van der Waals surface area contributed by atoms with E-state index in [0.29, 0.717) is 21.9 Å². The third kappa shape index (κ3) is 2.97. The highest BCUT2D eigenvalue weighted by Gasteiger charge is 2.10. The largest absolute Gasteiger partial charge is 0.436 e. The summed E-state index contributed by atoms with van der Waals surface area (Å²) in [5.74, 6) is 1.36. The van der Waals surface area contributed by atoms with E-state index < -0.39 is 0 Å². The molecule has 2 N–H and O–H groups in total. The minimum atomic E-state index is 0.336. The molecule has 1 heterocycles. The highest BCUT2D eigenvalue weighted by Crippen LogP contribution is 2.35. The Morgan fingerprint density at radius 1 is 1.12 bits per heavy atom. The zero-order valence-electron chi connectivity index (χ0n) is 8.32. The summed E-state index contributed by atoms with van der Waals surface area (Å²) in [5, 5.41) is 0. The summed E-state index contributed by atoms with van der Waals surface area (Å²) in [7, 11) is 0. The van der Waals surface area contributed by atoms with Gasteiger partial charge in [0.25, 0.3) is 0 Å². The van der Waals surface area contributed by atoms with Gasteiger partial charge in [0, 0.05) is 4.47 Å². The van der Waals surface area contributed by atoms with Gasteiger partial charge in [-0.3, -0.25) is 0 Å². The molecule has 0 aliphatic rings. The quantitative estimate of drug-likeness (QED) is 0.788. The molecular weight excluding hydrogens is 418 g/mol. The molecule has 0 atom stereocenters. The standard InChI is InChI=1S/C10H6Br3N3O/c11-5-1-2-7(6(12)3-5)17-10-8(13)9(14)15-4-16-10/h1-4H,(H2,14,15,16). The molecule has 0 unspecified atom stereocenters. The minimum Gasteiger partial charge on any atom is -0.436 e. The third-order valence-electron chi connectivity index (χ3n) is 1.89. The number of ether oxygens (including phenoxy) is 1. The van der Waals surface area contributed by atoms with Gasteiger partial charge in [0.15, 0.2) is 0 Å². The molecule has 1 aromatic heterocycles. The van der Waals surface area contributed by atoms with E-state index in [1.54, 1.807) is 0 Å². The first-order valence-corrected chi connectivity index (χ1v) is 6.84. The maximum atomic E-state index is 5.64. The van der Waals surface area contributed by atoms with Gasteiger partial charge in [-0.15, -0.1) is 0 Å². The molecule has 0 radical (unpaired) electrons. The Morgan fingerprint density at radius 2 is 1.88 bits per heavy atom. The molecule has 17 heavy (non-hydrogen) atoms. The average molecular weight is 424 g/mol. The van der Waals surface area contributed by atoms with Crippen LogP contribution in [0.5, 0.6) is 11.6 Å². The van der Waals surface area contributed by atoms with Gasteiger partial charge in [0.1, 0.15) is 22.4 Å². The predicted octanol–water partition coefficient (Wildman–Crippen LogP) is 4.14. The van der Waals surface area contributed by atoms with Crippen molar-refractivity contribution in [2.75, 3.05) is 5.73 Å². The van der Waals surface area contributed by atoms with Crippen LogP contribution in [0.1, 0.15) is 0 Å². The molecule has 0 aliphatic heterocycles. The highest BCUT2D eigenvalue weighted by molar-refractivity contribution is 9.11. The lowest BCUT2D eigenvalue weighted by Crippen LogP contribution is -1.96. The molecule has 0 saturated heterocycles. The molecule has 2 aromatic rings. The van der Waals surface area contributed by atoms with E-state index in [0.717, 1.165) is 8.95 Å². The lowest BCUT2D eigenvalue weighted by molar-refractivity contribution is 0.456. The summed E-state index contributed by atoms with van der Waals surface area (Å²) >= 11 is 10.0. The number of nitrogens with two attached hydrogens (primary N) is 1. The molecule has 0 fully saturated rings. The van der Waals surface area contributed by atoms with Crippen LogP contribution in [-0.2, 0) is 0 Å². The summed E-state index contributed by atoms with van der Waals surface area (Å²) in [6.45, 7) is 0. The van der Waals surface area contributed by atoms with E-state index in [9.17, 15) is 0 Å². The molecule has 88 valence electrons. The van der Waals surface area contributed by atoms with Crippen LogP contribution in [-0.4, -0.2) is 9.97 Å². The van der Waals surface area contributed by atoms with Crippen LogP contribution in [0.2, 0.25) is 0 Å². The van der Waals surface area contributed by atoms with Crippen molar-refractivity contribution in [3.05, 3.63) is 37.9 Å². The number of halogens is 3. The Bertz CT molecular complexity index is 562. The van der Waals surface area contributed by atoms with Crippen LogP contribution in [0.4, 0.5) is 5.82 Å². The number of nitrogens with zero attached hydrogens (tertiary/aromatic N) is 2. The Labute approximate surface area is 123 Å². The van der Waals surface area contributed by atoms with Gasteiger partial charge in [-0.05, 0) is 50.1 Å². The van der Waals surface area contributed by atoms with Crippen molar-refractivity contribution in [1.29, 1.82) is 0 Å². The van der Waals surface area contributed by atoms with Crippen molar-refractivity contribution in [2.45, 2.75) is 0 Å². The summed E-state index contributed by atoms with van der Waals surface area (Å²) < 4.78 is 7.94. The van der Waals surface area contributed by atoms with Gasteiger partial charge >= 0.3 is 0 Å². The monoisotopic (exact) mass is 421 g/mol. The van der Waals surface area contributed by atoms with Crippen molar-refractivity contribution in [1.82, 2.24) is 9.97 Å². The molecule has 0 bridgehead atoms. The summed E-state index contributed by atoms with van der Waals surface area (Å²) in [6.07, 6.45) is 1.35. The zero-order chi connectivity index (χ0) is 12.4. The van der Waals surface area contributed by atoms with Crippen LogP contribution >= 0.6 is 47.8 Å². The lowest BCUT2D eigenvalue weighted by atomic mass is 10.3. The van der Waals surface area contributed by atoms with Crippen LogP contribution in [0.3, 0.4) is 0 Å². The fourth-order valence-corrected chi connectivity index (χ4v) is 2.51. The number of anilines is 1. The fraction of sp³-hybridized carbons (Fsp3) is 0. The van der Waals surface area contributed by atoms with Crippen LogP contribution in [0, 0.1) is 0 Å². The van der Waals surface area contributed by atoms with Crippen LogP contribution in [0.25, 0.3) is 0 Å². The van der Waals surface area contributed by atoms with Gasteiger partial charge in [0.2, 0.25) is 5.88 Å². The first kappa shape index (κ1) is 12.8. The van der Waals surface area contributed by atoms with Crippen molar-refractivity contribution in [3.8, 4) is 11.6 Å².